The van der Waals surface area contributed by atoms with Crippen LogP contribution in [-0.4, -0.2) is 70.3 Å². The Kier molecular flexibility index (Phi) is 6.63. The molecule has 1 aromatic carbocycles. The van der Waals surface area contributed by atoms with E-state index in [0.29, 0.717) is 46.1 Å². The quantitative estimate of drug-likeness (QED) is 0.323. The number of nitrogens with zero attached hydrogens (tertiary/aromatic N) is 6. The molecule has 2 aliphatic heterocycles. The van der Waals surface area contributed by atoms with E-state index in [-0.39, 0.29) is 5.41 Å². The van der Waals surface area contributed by atoms with Crippen molar-refractivity contribution in [3.63, 3.8) is 0 Å². The number of aromatic amines is 1. The average Bonchev–Trinajstić information content (AvgIpc) is 3.30. The van der Waals surface area contributed by atoms with Crippen molar-refractivity contribution in [1.82, 2.24) is 29.5 Å². The molecule has 4 aromatic rings. The van der Waals surface area contributed by atoms with E-state index in [1.54, 1.807) is 22.8 Å². The van der Waals surface area contributed by atoms with Crippen molar-refractivity contribution in [1.29, 1.82) is 0 Å². The lowest BCUT2D eigenvalue weighted by Crippen LogP contribution is -2.64. The first-order valence-corrected chi connectivity index (χ1v) is 14.9. The number of fused-ring (bicyclic) bond motifs is 1. The van der Waals surface area contributed by atoms with E-state index in [9.17, 15) is 8.42 Å². The van der Waals surface area contributed by atoms with Gasteiger partial charge in [-0.25, -0.2) is 22.7 Å². The van der Waals surface area contributed by atoms with E-state index in [1.807, 2.05) is 12.1 Å². The zero-order valence-electron chi connectivity index (χ0n) is 21.0. The summed E-state index contributed by atoms with van der Waals surface area (Å²) in [4.78, 5) is 15.2. The van der Waals surface area contributed by atoms with Gasteiger partial charge in [0.15, 0.2) is 6.23 Å². The van der Waals surface area contributed by atoms with Gasteiger partial charge in [-0.3, -0.25) is 15.8 Å². The van der Waals surface area contributed by atoms with Gasteiger partial charge in [0, 0.05) is 72.9 Å². The molecule has 3 N–H and O–H groups in total. The smallest absolute Gasteiger partial charge is 0.225 e. The first-order chi connectivity index (χ1) is 18.6. The van der Waals surface area contributed by atoms with Crippen molar-refractivity contribution >= 4 is 50.1 Å². The first-order valence-electron chi connectivity index (χ1n) is 12.3. The third-order valence-electron chi connectivity index (χ3n) is 7.31. The van der Waals surface area contributed by atoms with Crippen molar-refractivity contribution < 1.29 is 13.2 Å². The second-order valence-corrected chi connectivity index (χ2v) is 13.0. The van der Waals surface area contributed by atoms with Crippen LogP contribution in [0.25, 0.3) is 22.2 Å². The Balaban J connectivity index is 1.18. The van der Waals surface area contributed by atoms with E-state index in [1.165, 1.54) is 18.6 Å². The molecule has 11 nitrogen and oxygen atoms in total. The van der Waals surface area contributed by atoms with Gasteiger partial charge in [0.1, 0.15) is 11.4 Å². The predicted molar refractivity (Wildman–Crippen MR) is 149 cm³/mol. The number of hydrogen-bond donors (Lipinski definition) is 2. The van der Waals surface area contributed by atoms with Crippen LogP contribution in [0.4, 0.5) is 5.95 Å². The largest absolute Gasteiger partial charge is 0.471 e. The van der Waals surface area contributed by atoms with Gasteiger partial charge < -0.3 is 9.64 Å². The van der Waals surface area contributed by atoms with Crippen LogP contribution in [0, 0.1) is 5.41 Å². The van der Waals surface area contributed by atoms with Crippen molar-refractivity contribution in [2.75, 3.05) is 37.3 Å². The van der Waals surface area contributed by atoms with Crippen LogP contribution in [-0.2, 0) is 10.0 Å². The molecule has 14 heteroatoms. The van der Waals surface area contributed by atoms with Crippen molar-refractivity contribution in [2.45, 2.75) is 19.1 Å². The lowest BCUT2D eigenvalue weighted by Gasteiger charge is -2.54. The minimum Gasteiger partial charge on any atom is -0.471 e. The molecular weight excluding hydrogens is 563 g/mol. The number of nitrogens with one attached hydrogen (secondary N) is 1. The highest BCUT2D eigenvalue weighted by Crippen LogP contribution is 2.41. The summed E-state index contributed by atoms with van der Waals surface area (Å²) in [5.41, 5.74) is 8.88. The Morgan fingerprint density at radius 3 is 2.51 bits per heavy atom. The Hall–Kier alpha value is -3.03. The van der Waals surface area contributed by atoms with E-state index >= 15 is 0 Å². The zero-order valence-corrected chi connectivity index (χ0v) is 23.3. The molecule has 0 unspecified atom stereocenters. The maximum Gasteiger partial charge on any atom is 0.225 e. The van der Waals surface area contributed by atoms with E-state index < -0.39 is 16.3 Å². The Morgan fingerprint density at radius 1 is 1.10 bits per heavy atom. The molecule has 3 aromatic heterocycles. The molecule has 0 bridgehead atoms. The number of benzene rings is 1. The predicted octanol–water partition coefficient (Wildman–Crippen LogP) is 3.62. The Labute approximate surface area is 235 Å². The summed E-state index contributed by atoms with van der Waals surface area (Å²) in [6.45, 7) is 2.60. The molecular formula is C25H26Cl2N8O3S. The number of ether oxygens (including phenoxy) is 1. The fourth-order valence-corrected chi connectivity index (χ4v) is 6.95. The number of halogens is 2. The molecule has 0 aliphatic carbocycles. The molecule has 1 atom stereocenters. The van der Waals surface area contributed by atoms with Crippen molar-refractivity contribution in [2.24, 2.45) is 11.1 Å². The summed E-state index contributed by atoms with van der Waals surface area (Å²) in [6.07, 6.45) is 8.66. The maximum atomic E-state index is 12.0. The van der Waals surface area contributed by atoms with Crippen LogP contribution in [0.3, 0.4) is 0 Å². The molecule has 1 spiro atoms. The van der Waals surface area contributed by atoms with Gasteiger partial charge in [-0.1, -0.05) is 23.2 Å². The number of pyridine rings is 1. The van der Waals surface area contributed by atoms with Gasteiger partial charge in [-0.05, 0) is 31.0 Å². The monoisotopic (exact) mass is 588 g/mol. The Morgan fingerprint density at radius 2 is 1.82 bits per heavy atom. The average molecular weight is 590 g/mol. The lowest BCUT2D eigenvalue weighted by atomic mass is 9.74. The number of hydrogen-bond acceptors (Lipinski definition) is 9. The maximum absolute atomic E-state index is 12.0. The van der Waals surface area contributed by atoms with Crippen LogP contribution in [0.15, 0.2) is 43.0 Å². The number of rotatable bonds is 6. The second-order valence-electron chi connectivity index (χ2n) is 10.2. The molecule has 2 saturated heterocycles. The number of nitrogens with two attached hydrogens (primary N) is 1. The third kappa shape index (κ3) is 5.03. The van der Waals surface area contributed by atoms with Crippen molar-refractivity contribution in [3.8, 4) is 17.0 Å². The summed E-state index contributed by atoms with van der Waals surface area (Å²) < 4.78 is 31.6. The highest BCUT2D eigenvalue weighted by Gasteiger charge is 2.48. The zero-order chi connectivity index (χ0) is 27.4. The van der Waals surface area contributed by atoms with Gasteiger partial charge in [0.25, 0.3) is 0 Å². The van der Waals surface area contributed by atoms with E-state index in [0.717, 1.165) is 42.4 Å². The van der Waals surface area contributed by atoms with Gasteiger partial charge in [-0.2, -0.15) is 5.10 Å². The van der Waals surface area contributed by atoms with Crippen molar-refractivity contribution in [3.05, 3.63) is 58.6 Å². The van der Waals surface area contributed by atoms with Gasteiger partial charge in [0.2, 0.25) is 16.0 Å². The fourth-order valence-electron chi connectivity index (χ4n) is 5.40. The number of anilines is 1. The molecule has 0 saturated carbocycles. The molecule has 6 rings (SSSR count). The number of H-pyrrole nitrogens is 1. The topological polar surface area (TPSA) is 143 Å². The third-order valence-corrected chi connectivity index (χ3v) is 9.17. The van der Waals surface area contributed by atoms with Gasteiger partial charge >= 0.3 is 0 Å². The van der Waals surface area contributed by atoms with Crippen LogP contribution in [0.2, 0.25) is 10.0 Å². The minimum atomic E-state index is -3.19. The molecule has 2 fully saturated rings. The highest BCUT2D eigenvalue weighted by molar-refractivity contribution is 7.88. The van der Waals surface area contributed by atoms with Crippen LogP contribution >= 0.6 is 23.2 Å². The summed E-state index contributed by atoms with van der Waals surface area (Å²) in [7, 11) is -3.19. The number of aromatic nitrogens is 5. The summed E-state index contributed by atoms with van der Waals surface area (Å²) in [5, 5.41) is 8.94. The number of sulfonamides is 1. The normalized spacial score (nSPS) is 18.3. The molecule has 5 heterocycles. The SMILES string of the molecule is CS(=O)(=O)N1CCCC2(CN(c3ncc(-c4n[nH]c5ccc(O[C@H](N)c6c(Cl)cncc6Cl)cc45)cn3)C2)C1. The highest BCUT2D eigenvalue weighted by atomic mass is 35.5. The summed E-state index contributed by atoms with van der Waals surface area (Å²) >= 11 is 12.4. The number of piperidine rings is 1. The first kappa shape index (κ1) is 26.2. The van der Waals surface area contributed by atoms with Crippen LogP contribution in [0.5, 0.6) is 5.75 Å². The summed E-state index contributed by atoms with van der Waals surface area (Å²) in [6, 6.07) is 5.46. The van der Waals surface area contributed by atoms with Gasteiger partial charge in [0.05, 0.1) is 21.8 Å². The molecule has 39 heavy (non-hydrogen) atoms. The Bertz CT molecular complexity index is 1620. The minimum absolute atomic E-state index is 0.0380. The standard InChI is InChI=1S/C25H26Cl2N8O3S/c1-39(36,37)35-6-2-5-25(14-35)12-34(13-25)24-30-8-15(9-31-24)22-17-7-16(3-4-20(17)32-33-22)38-23(28)21-18(26)10-29-11-19(21)27/h3-4,7-11,23H,2,5-6,12-14,28H2,1H3,(H,32,33)/t23-/m0/s1. The fraction of sp³-hybridized carbons (Fsp3) is 0.360. The summed E-state index contributed by atoms with van der Waals surface area (Å²) in [5.74, 6) is 1.13. The van der Waals surface area contributed by atoms with Crippen LogP contribution < -0.4 is 15.4 Å². The molecule has 0 amide bonds. The van der Waals surface area contributed by atoms with Gasteiger partial charge in [-0.15, -0.1) is 0 Å². The molecule has 2 aliphatic rings. The molecule has 204 valence electrons. The van der Waals surface area contributed by atoms with Crippen LogP contribution in [0.1, 0.15) is 24.6 Å². The van der Waals surface area contributed by atoms with E-state index in [4.69, 9.17) is 33.7 Å². The lowest BCUT2D eigenvalue weighted by molar-refractivity contribution is 0.107. The second kappa shape index (κ2) is 9.86. The van der Waals surface area contributed by atoms with E-state index in [2.05, 4.69) is 30.0 Å². The molecule has 0 radical (unpaired) electrons.